The summed E-state index contributed by atoms with van der Waals surface area (Å²) in [4.78, 5) is 49.7. The number of hydrogen-bond acceptors (Lipinski definition) is 8. The number of amides is 2. The second-order valence-electron chi connectivity index (χ2n) is 6.51. The molecule has 2 amide bonds. The highest BCUT2D eigenvalue weighted by molar-refractivity contribution is 6.47. The minimum atomic E-state index is -1.17. The Bertz CT molecular complexity index is 1100. The molecule has 0 saturated carbocycles. The molecule has 1 fully saturated rings. The number of carbonyl (C=O) groups is 3. The quantitative estimate of drug-likeness (QED) is 0.316. The number of nitro groups is 1. The van der Waals surface area contributed by atoms with Crippen molar-refractivity contribution in [1.82, 2.24) is 0 Å². The maximum Gasteiger partial charge on any atom is 0.355 e. The molecular weight excluding hydrogens is 416 g/mol. The van der Waals surface area contributed by atoms with E-state index in [-0.39, 0.29) is 17.1 Å². The SMILES string of the molecule is COC(=O)C1=NN(c2ccc(Cl)cc2)C2C(=O)N(c3ccc([N+](=O)[O-])cc3)C(=O)C12. The number of benzene rings is 2. The highest BCUT2D eigenvalue weighted by Gasteiger charge is 2.59. The van der Waals surface area contributed by atoms with Gasteiger partial charge in [-0.15, -0.1) is 0 Å². The number of nitrogens with zero attached hydrogens (tertiary/aromatic N) is 4. The fourth-order valence-electron chi connectivity index (χ4n) is 3.47. The van der Waals surface area contributed by atoms with Gasteiger partial charge in [0.15, 0.2) is 5.71 Å². The summed E-state index contributed by atoms with van der Waals surface area (Å²) in [5, 5.41) is 16.8. The van der Waals surface area contributed by atoms with Crippen molar-refractivity contribution in [3.8, 4) is 0 Å². The van der Waals surface area contributed by atoms with Crippen LogP contribution >= 0.6 is 11.6 Å². The molecule has 0 N–H and O–H groups in total. The molecule has 2 aromatic carbocycles. The van der Waals surface area contributed by atoms with Crippen molar-refractivity contribution in [1.29, 1.82) is 0 Å². The Kier molecular flexibility index (Phi) is 4.70. The smallest absolute Gasteiger partial charge is 0.355 e. The van der Waals surface area contributed by atoms with Crippen molar-refractivity contribution in [2.75, 3.05) is 17.0 Å². The largest absolute Gasteiger partial charge is 0.464 e. The number of methoxy groups -OCH3 is 1. The Hall–Kier alpha value is -3.79. The van der Waals surface area contributed by atoms with Crippen LogP contribution < -0.4 is 9.91 Å². The molecule has 0 aliphatic carbocycles. The molecule has 2 atom stereocenters. The number of rotatable bonds is 4. The van der Waals surface area contributed by atoms with E-state index >= 15 is 0 Å². The van der Waals surface area contributed by atoms with Crippen molar-refractivity contribution in [2.45, 2.75) is 6.04 Å². The first-order valence-corrected chi connectivity index (χ1v) is 9.05. The molecule has 0 spiro atoms. The molecule has 1 saturated heterocycles. The summed E-state index contributed by atoms with van der Waals surface area (Å²) in [5.41, 5.74) is 0.239. The van der Waals surface area contributed by atoms with Crippen LogP contribution in [0.4, 0.5) is 17.1 Å². The van der Waals surface area contributed by atoms with E-state index in [4.69, 9.17) is 16.3 Å². The standard InChI is InChI=1S/C19H13ClN4O6/c1-30-19(27)15-14-16(23(21-15)12-4-2-10(20)3-5-12)18(26)22(17(14)25)11-6-8-13(9-7-11)24(28)29/h2-9,14,16H,1H3. The maximum atomic E-state index is 13.2. The molecule has 11 heteroatoms. The predicted molar refractivity (Wildman–Crippen MR) is 106 cm³/mol. The molecule has 2 aromatic rings. The first-order valence-electron chi connectivity index (χ1n) is 8.67. The average molecular weight is 429 g/mol. The van der Waals surface area contributed by atoms with Gasteiger partial charge in [-0.3, -0.25) is 24.7 Å². The fraction of sp³-hybridized carbons (Fsp3) is 0.158. The molecule has 0 aromatic heterocycles. The lowest BCUT2D eigenvalue weighted by atomic mass is 9.98. The van der Waals surface area contributed by atoms with Gasteiger partial charge in [-0.1, -0.05) is 11.6 Å². The van der Waals surface area contributed by atoms with E-state index in [0.29, 0.717) is 10.7 Å². The number of halogens is 1. The third-order valence-electron chi connectivity index (χ3n) is 4.85. The van der Waals surface area contributed by atoms with Crippen molar-refractivity contribution >= 4 is 52.2 Å². The third kappa shape index (κ3) is 2.98. The minimum absolute atomic E-state index is 0.158. The predicted octanol–water partition coefficient (Wildman–Crippen LogP) is 2.16. The van der Waals surface area contributed by atoms with E-state index in [9.17, 15) is 24.5 Å². The zero-order valence-electron chi connectivity index (χ0n) is 15.4. The van der Waals surface area contributed by atoms with Crippen LogP contribution in [0.1, 0.15) is 0 Å². The molecule has 0 radical (unpaired) electrons. The van der Waals surface area contributed by atoms with E-state index in [0.717, 1.165) is 12.0 Å². The van der Waals surface area contributed by atoms with Crippen molar-refractivity contribution in [2.24, 2.45) is 11.0 Å². The van der Waals surface area contributed by atoms with Crippen LogP contribution in [-0.2, 0) is 19.1 Å². The number of esters is 1. The maximum absolute atomic E-state index is 13.2. The molecule has 152 valence electrons. The number of carbonyl (C=O) groups excluding carboxylic acids is 3. The number of anilines is 2. The molecule has 10 nitrogen and oxygen atoms in total. The lowest BCUT2D eigenvalue weighted by Crippen LogP contribution is -2.39. The normalized spacial score (nSPS) is 20.3. The topological polar surface area (TPSA) is 122 Å². The van der Waals surface area contributed by atoms with Crippen LogP contribution in [0, 0.1) is 16.0 Å². The Balaban J connectivity index is 1.76. The van der Waals surface area contributed by atoms with Gasteiger partial charge in [0.1, 0.15) is 12.0 Å². The van der Waals surface area contributed by atoms with Crippen LogP contribution in [0.5, 0.6) is 0 Å². The minimum Gasteiger partial charge on any atom is -0.464 e. The van der Waals surface area contributed by atoms with Crippen molar-refractivity contribution in [3.63, 3.8) is 0 Å². The average Bonchev–Trinajstić information content (AvgIpc) is 3.25. The lowest BCUT2D eigenvalue weighted by Gasteiger charge is -2.22. The van der Waals surface area contributed by atoms with E-state index in [1.807, 2.05) is 0 Å². The number of imide groups is 1. The van der Waals surface area contributed by atoms with Crippen LogP contribution in [0.2, 0.25) is 5.02 Å². The summed E-state index contributed by atoms with van der Waals surface area (Å²) >= 11 is 5.92. The second-order valence-corrected chi connectivity index (χ2v) is 6.94. The highest BCUT2D eigenvalue weighted by atomic mass is 35.5. The molecule has 2 unspecified atom stereocenters. The van der Waals surface area contributed by atoms with E-state index in [2.05, 4.69) is 5.10 Å². The molecular formula is C19H13ClN4O6. The van der Waals surface area contributed by atoms with Gasteiger partial charge in [0.05, 0.1) is 23.4 Å². The summed E-state index contributed by atoms with van der Waals surface area (Å²) in [6.07, 6.45) is 0. The molecule has 2 aliphatic rings. The van der Waals surface area contributed by atoms with Gasteiger partial charge >= 0.3 is 5.97 Å². The van der Waals surface area contributed by atoms with Gasteiger partial charge in [-0.05, 0) is 36.4 Å². The van der Waals surface area contributed by atoms with Gasteiger partial charge in [0.25, 0.3) is 11.6 Å². The summed E-state index contributed by atoms with van der Waals surface area (Å²) < 4.78 is 4.74. The number of hydrogen-bond donors (Lipinski definition) is 0. The van der Waals surface area contributed by atoms with Crippen molar-refractivity contribution in [3.05, 3.63) is 63.7 Å². The summed E-state index contributed by atoms with van der Waals surface area (Å²) in [6, 6.07) is 10.3. The van der Waals surface area contributed by atoms with Gasteiger partial charge in [-0.25, -0.2) is 9.69 Å². The van der Waals surface area contributed by atoms with E-state index in [1.54, 1.807) is 24.3 Å². The summed E-state index contributed by atoms with van der Waals surface area (Å²) in [5.74, 6) is -3.28. The number of fused-ring (bicyclic) bond motifs is 1. The highest BCUT2D eigenvalue weighted by Crippen LogP contribution is 2.38. The first-order chi connectivity index (χ1) is 14.3. The summed E-state index contributed by atoms with van der Waals surface area (Å²) in [7, 11) is 1.15. The molecule has 30 heavy (non-hydrogen) atoms. The Morgan fingerprint density at radius 1 is 1.07 bits per heavy atom. The number of ether oxygens (including phenoxy) is 1. The van der Waals surface area contributed by atoms with Crippen LogP contribution in [0.25, 0.3) is 0 Å². The van der Waals surface area contributed by atoms with E-state index in [1.165, 1.54) is 29.3 Å². The Morgan fingerprint density at radius 2 is 1.67 bits per heavy atom. The number of nitro benzene ring substituents is 1. The van der Waals surface area contributed by atoms with Gasteiger partial charge < -0.3 is 4.74 Å². The second kappa shape index (κ2) is 7.23. The van der Waals surface area contributed by atoms with Gasteiger partial charge in [0.2, 0.25) is 5.91 Å². The number of non-ortho nitro benzene ring substituents is 1. The third-order valence-corrected chi connectivity index (χ3v) is 5.11. The molecule has 4 rings (SSSR count). The lowest BCUT2D eigenvalue weighted by molar-refractivity contribution is -0.384. The molecule has 0 bridgehead atoms. The monoisotopic (exact) mass is 428 g/mol. The van der Waals surface area contributed by atoms with E-state index < -0.39 is 34.7 Å². The zero-order valence-corrected chi connectivity index (χ0v) is 16.1. The zero-order chi connectivity index (χ0) is 21.6. The van der Waals surface area contributed by atoms with Crippen LogP contribution in [-0.4, -0.2) is 41.6 Å². The first kappa shape index (κ1) is 19.5. The molecule has 2 aliphatic heterocycles. The Labute approximate surface area is 174 Å². The molecule has 2 heterocycles. The fourth-order valence-corrected chi connectivity index (χ4v) is 3.60. The van der Waals surface area contributed by atoms with Gasteiger partial charge in [-0.2, -0.15) is 5.10 Å². The van der Waals surface area contributed by atoms with Crippen LogP contribution in [0.15, 0.2) is 53.6 Å². The van der Waals surface area contributed by atoms with Crippen molar-refractivity contribution < 1.29 is 24.0 Å². The number of hydrazone groups is 1. The van der Waals surface area contributed by atoms with Gasteiger partial charge in [0, 0.05) is 17.2 Å². The summed E-state index contributed by atoms with van der Waals surface area (Å²) in [6.45, 7) is 0. The Morgan fingerprint density at radius 3 is 2.23 bits per heavy atom. The van der Waals surface area contributed by atoms with Crippen LogP contribution in [0.3, 0.4) is 0 Å².